The summed E-state index contributed by atoms with van der Waals surface area (Å²) >= 11 is 0. The molecule has 0 saturated heterocycles. The third kappa shape index (κ3) is 5.18. The summed E-state index contributed by atoms with van der Waals surface area (Å²) in [6, 6.07) is 16.8. The van der Waals surface area contributed by atoms with E-state index < -0.39 is 6.04 Å². The van der Waals surface area contributed by atoms with E-state index in [1.807, 2.05) is 80.3 Å². The second kappa shape index (κ2) is 11.2. The molecule has 0 aliphatic rings. The molecule has 2 aromatic heterocycles. The lowest BCUT2D eigenvalue weighted by Crippen LogP contribution is -2.42. The lowest BCUT2D eigenvalue weighted by molar-refractivity contribution is 0.0602. The molecule has 1 amide bonds. The van der Waals surface area contributed by atoms with Crippen LogP contribution in [0.5, 0.6) is 0 Å². The molecule has 8 nitrogen and oxygen atoms in total. The van der Waals surface area contributed by atoms with Crippen LogP contribution in [0.1, 0.15) is 53.6 Å². The number of carbonyl (C=O) groups is 1. The number of amides is 1. The van der Waals surface area contributed by atoms with Crippen LogP contribution in [0.3, 0.4) is 0 Å². The lowest BCUT2D eigenvalue weighted by Gasteiger charge is -2.35. The molecule has 8 heteroatoms. The van der Waals surface area contributed by atoms with Gasteiger partial charge in [-0.25, -0.2) is 15.0 Å². The quantitative estimate of drug-likeness (QED) is 0.388. The summed E-state index contributed by atoms with van der Waals surface area (Å²) in [5, 5.41) is 0. The van der Waals surface area contributed by atoms with Crippen LogP contribution in [0.15, 0.2) is 71.8 Å². The van der Waals surface area contributed by atoms with Crippen LogP contribution >= 0.6 is 0 Å². The van der Waals surface area contributed by atoms with Gasteiger partial charge in [-0.2, -0.15) is 0 Å². The SMILES string of the molecule is Cc1ccccc1C(=O)N(CCCN)C(c1nc2nccnc2c(=O)n1Cc1ccccc1)C(C)C. The molecule has 0 spiro atoms. The Hall–Kier alpha value is -3.91. The van der Waals surface area contributed by atoms with E-state index in [-0.39, 0.29) is 28.5 Å². The second-order valence-electron chi connectivity index (χ2n) is 9.22. The first kappa shape index (κ1) is 25.2. The van der Waals surface area contributed by atoms with E-state index in [2.05, 4.69) is 9.97 Å². The molecule has 0 aliphatic carbocycles. The Labute approximate surface area is 210 Å². The maximum Gasteiger partial charge on any atom is 0.282 e. The smallest absolute Gasteiger partial charge is 0.282 e. The van der Waals surface area contributed by atoms with Crippen LogP contribution in [0.2, 0.25) is 0 Å². The molecule has 0 bridgehead atoms. The number of nitrogens with zero attached hydrogens (tertiary/aromatic N) is 5. The van der Waals surface area contributed by atoms with Crippen LogP contribution in [-0.2, 0) is 6.54 Å². The highest BCUT2D eigenvalue weighted by atomic mass is 16.2. The van der Waals surface area contributed by atoms with E-state index in [9.17, 15) is 9.59 Å². The fourth-order valence-corrected chi connectivity index (χ4v) is 4.50. The minimum atomic E-state index is -0.480. The lowest BCUT2D eigenvalue weighted by atomic mass is 9.98. The van der Waals surface area contributed by atoms with Crippen molar-refractivity contribution in [2.45, 2.75) is 39.8 Å². The Kier molecular flexibility index (Phi) is 7.85. The first-order valence-electron chi connectivity index (χ1n) is 12.2. The van der Waals surface area contributed by atoms with Crippen LogP contribution < -0.4 is 11.3 Å². The fourth-order valence-electron chi connectivity index (χ4n) is 4.50. The molecule has 0 fully saturated rings. The molecule has 4 aromatic rings. The molecule has 2 aromatic carbocycles. The van der Waals surface area contributed by atoms with Gasteiger partial charge in [0.1, 0.15) is 5.82 Å². The standard InChI is InChI=1S/C28H32N6O2/c1-19(2)24(33(17-9-14-29)27(35)22-13-8-7-10-20(22)3)26-32-25-23(30-15-16-31-25)28(36)34(26)18-21-11-5-4-6-12-21/h4-8,10-13,15-16,19,24H,9,14,17-18,29H2,1-3H3. The Bertz CT molecular complexity index is 1400. The number of fused-ring (bicyclic) bond motifs is 1. The average molecular weight is 485 g/mol. The monoisotopic (exact) mass is 484 g/mol. The maximum absolute atomic E-state index is 14.0. The van der Waals surface area contributed by atoms with Gasteiger partial charge in [0, 0.05) is 24.5 Å². The first-order chi connectivity index (χ1) is 17.4. The van der Waals surface area contributed by atoms with E-state index in [1.54, 1.807) is 4.57 Å². The number of aryl methyl sites for hydroxylation is 1. The van der Waals surface area contributed by atoms with Gasteiger partial charge in [-0.1, -0.05) is 62.4 Å². The molecule has 0 aliphatic heterocycles. The van der Waals surface area contributed by atoms with Crippen molar-refractivity contribution in [2.24, 2.45) is 11.7 Å². The molecule has 4 rings (SSSR count). The van der Waals surface area contributed by atoms with Crippen LogP contribution in [-0.4, -0.2) is 43.4 Å². The minimum absolute atomic E-state index is 0.0428. The Morgan fingerprint density at radius 3 is 2.42 bits per heavy atom. The average Bonchev–Trinajstić information content (AvgIpc) is 2.88. The highest BCUT2D eigenvalue weighted by molar-refractivity contribution is 5.96. The number of hydrogen-bond donors (Lipinski definition) is 1. The zero-order chi connectivity index (χ0) is 25.7. The van der Waals surface area contributed by atoms with Crippen LogP contribution in [0.4, 0.5) is 0 Å². The topological polar surface area (TPSA) is 107 Å². The molecule has 0 saturated carbocycles. The summed E-state index contributed by atoms with van der Waals surface area (Å²) in [7, 11) is 0. The van der Waals surface area contributed by atoms with Gasteiger partial charge in [-0.05, 0) is 43.0 Å². The predicted octanol–water partition coefficient (Wildman–Crippen LogP) is 3.73. The number of rotatable bonds is 9. The van der Waals surface area contributed by atoms with Crippen LogP contribution in [0, 0.1) is 12.8 Å². The molecule has 0 radical (unpaired) electrons. The van der Waals surface area contributed by atoms with E-state index in [1.165, 1.54) is 12.4 Å². The van der Waals surface area contributed by atoms with Crippen molar-refractivity contribution in [1.29, 1.82) is 0 Å². The molecule has 36 heavy (non-hydrogen) atoms. The number of carbonyl (C=O) groups excluding carboxylic acids is 1. The van der Waals surface area contributed by atoms with Crippen molar-refractivity contribution >= 4 is 17.1 Å². The fraction of sp³-hybridized carbons (Fsp3) is 0.321. The summed E-state index contributed by atoms with van der Waals surface area (Å²) in [6.45, 7) is 7.17. The number of nitrogens with two attached hydrogens (primary N) is 1. The van der Waals surface area contributed by atoms with Gasteiger partial charge in [-0.15, -0.1) is 0 Å². The van der Waals surface area contributed by atoms with E-state index in [4.69, 9.17) is 10.7 Å². The second-order valence-corrected chi connectivity index (χ2v) is 9.22. The molecule has 1 unspecified atom stereocenters. The van der Waals surface area contributed by atoms with Crippen molar-refractivity contribution in [1.82, 2.24) is 24.4 Å². The van der Waals surface area contributed by atoms with Crippen LogP contribution in [0.25, 0.3) is 11.2 Å². The highest BCUT2D eigenvalue weighted by Crippen LogP contribution is 2.30. The summed E-state index contributed by atoms with van der Waals surface area (Å²) in [5.74, 6) is 0.338. The molecular weight excluding hydrogens is 452 g/mol. The maximum atomic E-state index is 14.0. The third-order valence-corrected chi connectivity index (χ3v) is 6.28. The Balaban J connectivity index is 1.93. The van der Waals surface area contributed by atoms with Crippen molar-refractivity contribution in [3.8, 4) is 0 Å². The highest BCUT2D eigenvalue weighted by Gasteiger charge is 2.33. The molecular formula is C28H32N6O2. The zero-order valence-electron chi connectivity index (χ0n) is 21.0. The number of hydrogen-bond acceptors (Lipinski definition) is 6. The van der Waals surface area contributed by atoms with Gasteiger partial charge in [0.15, 0.2) is 11.2 Å². The molecule has 1 atom stereocenters. The minimum Gasteiger partial charge on any atom is -0.330 e. The molecule has 2 N–H and O–H groups in total. The number of aromatic nitrogens is 4. The first-order valence-corrected chi connectivity index (χ1v) is 12.2. The Morgan fingerprint density at radius 2 is 1.72 bits per heavy atom. The van der Waals surface area contributed by atoms with Gasteiger partial charge in [-0.3, -0.25) is 14.2 Å². The largest absolute Gasteiger partial charge is 0.330 e. The van der Waals surface area contributed by atoms with Crippen molar-refractivity contribution in [3.63, 3.8) is 0 Å². The van der Waals surface area contributed by atoms with E-state index in [0.717, 1.165) is 11.1 Å². The Morgan fingerprint density at radius 1 is 1.03 bits per heavy atom. The van der Waals surface area contributed by atoms with Crippen molar-refractivity contribution < 1.29 is 4.79 Å². The van der Waals surface area contributed by atoms with Gasteiger partial charge < -0.3 is 10.6 Å². The molecule has 186 valence electrons. The van der Waals surface area contributed by atoms with E-state index in [0.29, 0.717) is 37.4 Å². The van der Waals surface area contributed by atoms with E-state index >= 15 is 0 Å². The van der Waals surface area contributed by atoms with Gasteiger partial charge in [0.25, 0.3) is 11.5 Å². The van der Waals surface area contributed by atoms with Gasteiger partial charge >= 0.3 is 0 Å². The number of benzene rings is 2. The van der Waals surface area contributed by atoms with Gasteiger partial charge in [0.2, 0.25) is 0 Å². The van der Waals surface area contributed by atoms with Gasteiger partial charge in [0.05, 0.1) is 12.6 Å². The molecule has 2 heterocycles. The van der Waals surface area contributed by atoms with Crippen molar-refractivity contribution in [2.75, 3.05) is 13.1 Å². The van der Waals surface area contributed by atoms with Crippen molar-refractivity contribution in [3.05, 3.63) is 99.9 Å². The predicted molar refractivity (Wildman–Crippen MR) is 141 cm³/mol. The zero-order valence-corrected chi connectivity index (χ0v) is 21.0. The summed E-state index contributed by atoms with van der Waals surface area (Å²) < 4.78 is 1.64. The third-order valence-electron chi connectivity index (χ3n) is 6.28. The summed E-state index contributed by atoms with van der Waals surface area (Å²) in [4.78, 5) is 42.9. The normalized spacial score (nSPS) is 12.1. The summed E-state index contributed by atoms with van der Waals surface area (Å²) in [6.07, 6.45) is 3.64. The summed E-state index contributed by atoms with van der Waals surface area (Å²) in [5.41, 5.74) is 8.53.